The normalized spacial score (nSPS) is 12.2. The van der Waals surface area contributed by atoms with E-state index < -0.39 is 11.9 Å². The summed E-state index contributed by atoms with van der Waals surface area (Å²) in [5.41, 5.74) is 5.94. The van der Waals surface area contributed by atoms with E-state index in [1.807, 2.05) is 0 Å². The molecule has 2 N–H and O–H groups in total. The van der Waals surface area contributed by atoms with E-state index in [4.69, 9.17) is 45.3 Å². The van der Waals surface area contributed by atoms with Crippen LogP contribution in [-0.4, -0.2) is 9.97 Å². The maximum Gasteiger partial charge on any atom is 0.319 e. The molecule has 106 valence electrons. The largest absolute Gasteiger partial charge is 0.455 e. The maximum absolute atomic E-state index is 13.0. The standard InChI is InChI=1S/C12H9Cl3FN3O/c1-5(6-2-8(14)9(15)3-7(6)13)20-12-18-4-10(16)11(17)19-12/h2-5H,1H3,(H2,17,18,19). The first-order valence-electron chi connectivity index (χ1n) is 5.47. The number of rotatable bonds is 3. The van der Waals surface area contributed by atoms with E-state index in [2.05, 4.69) is 9.97 Å². The summed E-state index contributed by atoms with van der Waals surface area (Å²) in [6.45, 7) is 1.72. The molecule has 20 heavy (non-hydrogen) atoms. The first-order valence-corrected chi connectivity index (χ1v) is 6.61. The van der Waals surface area contributed by atoms with E-state index in [1.165, 1.54) is 6.07 Å². The lowest BCUT2D eigenvalue weighted by Gasteiger charge is -2.15. The van der Waals surface area contributed by atoms with Gasteiger partial charge in [-0.2, -0.15) is 4.98 Å². The summed E-state index contributed by atoms with van der Waals surface area (Å²) < 4.78 is 18.4. The van der Waals surface area contributed by atoms with Gasteiger partial charge in [0, 0.05) is 10.6 Å². The van der Waals surface area contributed by atoms with Gasteiger partial charge in [-0.05, 0) is 19.1 Å². The van der Waals surface area contributed by atoms with Crippen molar-refractivity contribution < 1.29 is 9.13 Å². The van der Waals surface area contributed by atoms with Crippen molar-refractivity contribution in [1.29, 1.82) is 0 Å². The summed E-state index contributed by atoms with van der Waals surface area (Å²) in [4.78, 5) is 7.36. The first kappa shape index (κ1) is 15.1. The molecule has 0 saturated heterocycles. The van der Waals surface area contributed by atoms with Crippen LogP contribution >= 0.6 is 34.8 Å². The highest BCUT2D eigenvalue weighted by Gasteiger charge is 2.16. The molecular weight excluding hydrogens is 328 g/mol. The number of halogens is 4. The van der Waals surface area contributed by atoms with E-state index in [9.17, 15) is 4.39 Å². The summed E-state index contributed by atoms with van der Waals surface area (Å²) >= 11 is 17.9. The lowest BCUT2D eigenvalue weighted by molar-refractivity contribution is 0.207. The SMILES string of the molecule is CC(Oc1ncc(F)c(N)n1)c1cc(Cl)c(Cl)cc1Cl. The van der Waals surface area contributed by atoms with E-state index >= 15 is 0 Å². The van der Waals surface area contributed by atoms with Gasteiger partial charge in [0.2, 0.25) is 0 Å². The number of hydrogen-bond donors (Lipinski definition) is 1. The molecule has 0 spiro atoms. The number of ether oxygens (including phenoxy) is 1. The van der Waals surface area contributed by atoms with Gasteiger partial charge in [0.25, 0.3) is 0 Å². The van der Waals surface area contributed by atoms with Gasteiger partial charge in [0.15, 0.2) is 11.6 Å². The zero-order valence-electron chi connectivity index (χ0n) is 10.2. The highest BCUT2D eigenvalue weighted by atomic mass is 35.5. The molecule has 1 aromatic carbocycles. The molecule has 1 unspecified atom stereocenters. The molecule has 0 amide bonds. The molecule has 0 radical (unpaired) electrons. The Labute approximate surface area is 129 Å². The predicted octanol–water partition coefficient (Wildman–Crippen LogP) is 4.30. The highest BCUT2D eigenvalue weighted by Crippen LogP contribution is 2.33. The molecule has 1 atom stereocenters. The van der Waals surface area contributed by atoms with Gasteiger partial charge in [-0.15, -0.1) is 0 Å². The van der Waals surface area contributed by atoms with Crippen molar-refractivity contribution in [3.8, 4) is 6.01 Å². The number of hydrogen-bond acceptors (Lipinski definition) is 4. The van der Waals surface area contributed by atoms with Crippen LogP contribution in [0.25, 0.3) is 0 Å². The predicted molar refractivity (Wildman–Crippen MR) is 76.9 cm³/mol. The Hall–Kier alpha value is -1.30. The molecule has 4 nitrogen and oxygen atoms in total. The van der Waals surface area contributed by atoms with Crippen LogP contribution in [0.15, 0.2) is 18.3 Å². The van der Waals surface area contributed by atoms with Crippen molar-refractivity contribution >= 4 is 40.6 Å². The number of anilines is 1. The first-order chi connectivity index (χ1) is 9.38. The lowest BCUT2D eigenvalue weighted by Crippen LogP contribution is -2.08. The summed E-state index contributed by atoms with van der Waals surface area (Å²) in [7, 11) is 0. The molecular formula is C12H9Cl3FN3O. The molecule has 0 aliphatic heterocycles. The molecule has 0 aliphatic carbocycles. The molecule has 2 aromatic rings. The fourth-order valence-corrected chi connectivity index (χ4v) is 2.20. The van der Waals surface area contributed by atoms with Crippen LogP contribution in [0.4, 0.5) is 10.2 Å². The minimum Gasteiger partial charge on any atom is -0.455 e. The molecule has 8 heteroatoms. The van der Waals surface area contributed by atoms with Crippen LogP contribution in [0.2, 0.25) is 15.1 Å². The van der Waals surface area contributed by atoms with E-state index in [0.717, 1.165) is 6.20 Å². The summed E-state index contributed by atoms with van der Waals surface area (Å²) in [6.07, 6.45) is 0.419. The second-order valence-corrected chi connectivity index (χ2v) is 5.16. The van der Waals surface area contributed by atoms with Crippen molar-refractivity contribution in [2.75, 3.05) is 5.73 Å². The summed E-state index contributed by atoms with van der Waals surface area (Å²) in [6, 6.07) is 3.04. The van der Waals surface area contributed by atoms with Gasteiger partial charge in [-0.3, -0.25) is 0 Å². The third-order valence-corrected chi connectivity index (χ3v) is 3.56. The Morgan fingerprint density at radius 2 is 1.85 bits per heavy atom. The summed E-state index contributed by atoms with van der Waals surface area (Å²) in [5, 5.41) is 1.08. The second kappa shape index (κ2) is 5.99. The molecule has 1 heterocycles. The van der Waals surface area contributed by atoms with Crippen LogP contribution in [0.3, 0.4) is 0 Å². The zero-order valence-corrected chi connectivity index (χ0v) is 12.5. The Bertz CT molecular complexity index is 654. The monoisotopic (exact) mass is 335 g/mol. The van der Waals surface area contributed by atoms with Gasteiger partial charge in [-0.25, -0.2) is 9.37 Å². The average molecular weight is 337 g/mol. The van der Waals surface area contributed by atoms with Crippen molar-refractivity contribution in [1.82, 2.24) is 9.97 Å². The summed E-state index contributed by atoms with van der Waals surface area (Å²) in [5.74, 6) is -1.000. The van der Waals surface area contributed by atoms with Crippen LogP contribution in [0.1, 0.15) is 18.6 Å². The number of nitrogen functional groups attached to an aromatic ring is 1. The smallest absolute Gasteiger partial charge is 0.319 e. The molecule has 0 fully saturated rings. The zero-order chi connectivity index (χ0) is 14.9. The van der Waals surface area contributed by atoms with Gasteiger partial charge in [0.1, 0.15) is 6.10 Å². The van der Waals surface area contributed by atoms with E-state index in [0.29, 0.717) is 20.6 Å². The third-order valence-electron chi connectivity index (χ3n) is 2.51. The fraction of sp³-hybridized carbons (Fsp3) is 0.167. The topological polar surface area (TPSA) is 61.0 Å². The van der Waals surface area contributed by atoms with Gasteiger partial charge in [-0.1, -0.05) is 34.8 Å². The van der Waals surface area contributed by atoms with Gasteiger partial charge >= 0.3 is 6.01 Å². The van der Waals surface area contributed by atoms with Crippen molar-refractivity contribution in [2.24, 2.45) is 0 Å². The Kier molecular flexibility index (Phi) is 4.52. The minimum absolute atomic E-state index is 0.0569. The van der Waals surface area contributed by atoms with E-state index in [-0.39, 0.29) is 11.8 Å². The van der Waals surface area contributed by atoms with Crippen LogP contribution in [0, 0.1) is 5.82 Å². The lowest BCUT2D eigenvalue weighted by atomic mass is 10.1. The minimum atomic E-state index is -0.711. The fourth-order valence-electron chi connectivity index (χ4n) is 1.49. The van der Waals surface area contributed by atoms with Crippen LogP contribution < -0.4 is 10.5 Å². The molecule has 1 aromatic heterocycles. The number of nitrogens with two attached hydrogens (primary N) is 1. The van der Waals surface area contributed by atoms with Crippen molar-refractivity contribution in [2.45, 2.75) is 13.0 Å². The number of aromatic nitrogens is 2. The number of nitrogens with zero attached hydrogens (tertiary/aromatic N) is 2. The highest BCUT2D eigenvalue weighted by molar-refractivity contribution is 6.43. The Morgan fingerprint density at radius 1 is 1.20 bits per heavy atom. The maximum atomic E-state index is 13.0. The van der Waals surface area contributed by atoms with Crippen LogP contribution in [-0.2, 0) is 0 Å². The van der Waals surface area contributed by atoms with Crippen molar-refractivity contribution in [3.05, 3.63) is 44.8 Å². The molecule has 2 rings (SSSR count). The third kappa shape index (κ3) is 3.23. The molecule has 0 bridgehead atoms. The van der Waals surface area contributed by atoms with Gasteiger partial charge < -0.3 is 10.5 Å². The second-order valence-electron chi connectivity index (χ2n) is 3.93. The van der Waals surface area contributed by atoms with Crippen LogP contribution in [0.5, 0.6) is 6.01 Å². The Morgan fingerprint density at radius 3 is 2.50 bits per heavy atom. The Balaban J connectivity index is 2.25. The molecule has 0 saturated carbocycles. The number of benzene rings is 1. The average Bonchev–Trinajstić information content (AvgIpc) is 2.38. The van der Waals surface area contributed by atoms with Gasteiger partial charge in [0.05, 0.1) is 16.2 Å². The molecule has 0 aliphatic rings. The van der Waals surface area contributed by atoms with Crippen molar-refractivity contribution in [3.63, 3.8) is 0 Å². The quantitative estimate of drug-likeness (QED) is 0.849. The van der Waals surface area contributed by atoms with E-state index in [1.54, 1.807) is 13.0 Å².